The highest BCUT2D eigenvalue weighted by atomic mass is 32.2. The zero-order chi connectivity index (χ0) is 11.4. The van der Waals surface area contributed by atoms with E-state index in [4.69, 9.17) is 14.4 Å². The average molecular weight is 234 g/mol. The molecule has 3 nitrogen and oxygen atoms in total. The summed E-state index contributed by atoms with van der Waals surface area (Å²) in [7, 11) is 0. The first-order valence-corrected chi connectivity index (χ1v) is 5.41. The molecule has 0 aliphatic rings. The highest BCUT2D eigenvalue weighted by Gasteiger charge is 1.98. The number of rotatable bonds is 3. The van der Waals surface area contributed by atoms with Crippen LogP contribution in [0.4, 0.5) is 0 Å². The molecule has 0 bridgehead atoms. The maximum Gasteiger partial charge on any atom is 0.138 e. The minimum absolute atomic E-state index is 0.210. The summed E-state index contributed by atoms with van der Waals surface area (Å²) in [6, 6.07) is 13.2. The van der Waals surface area contributed by atoms with Gasteiger partial charge in [-0.2, -0.15) is 0 Å². The topological polar surface area (TPSA) is 49.7 Å². The minimum atomic E-state index is 0.210. The van der Waals surface area contributed by atoms with Gasteiger partial charge in [-0.1, -0.05) is 0 Å². The van der Waals surface area contributed by atoms with Crippen molar-refractivity contribution in [3.8, 4) is 17.2 Å². The number of phenols is 2. The van der Waals surface area contributed by atoms with Gasteiger partial charge >= 0.3 is 0 Å². The zero-order valence-corrected chi connectivity index (χ0v) is 9.15. The molecular formula is C12H10O3S. The van der Waals surface area contributed by atoms with Crippen LogP contribution >= 0.6 is 12.0 Å². The van der Waals surface area contributed by atoms with Crippen molar-refractivity contribution in [3.63, 3.8) is 0 Å². The third-order valence-corrected chi connectivity index (χ3v) is 2.65. The van der Waals surface area contributed by atoms with Crippen LogP contribution in [0.25, 0.3) is 0 Å². The predicted octanol–water partition coefficient (Wildman–Crippen LogP) is 3.18. The van der Waals surface area contributed by atoms with Gasteiger partial charge in [-0.25, -0.2) is 0 Å². The second-order valence-corrected chi connectivity index (χ2v) is 3.96. The molecule has 0 heterocycles. The maximum atomic E-state index is 9.09. The van der Waals surface area contributed by atoms with Crippen molar-refractivity contribution in [2.75, 3.05) is 0 Å². The molecule has 82 valence electrons. The highest BCUT2D eigenvalue weighted by molar-refractivity contribution is 7.95. The molecule has 0 atom stereocenters. The summed E-state index contributed by atoms with van der Waals surface area (Å²) in [5.41, 5.74) is 0. The third-order valence-electron chi connectivity index (χ3n) is 1.91. The molecule has 16 heavy (non-hydrogen) atoms. The van der Waals surface area contributed by atoms with Gasteiger partial charge in [0.15, 0.2) is 0 Å². The third kappa shape index (κ3) is 2.84. The molecule has 0 radical (unpaired) electrons. The Morgan fingerprint density at radius 1 is 0.750 bits per heavy atom. The molecule has 0 saturated carbocycles. The lowest BCUT2D eigenvalue weighted by Crippen LogP contribution is -1.80. The largest absolute Gasteiger partial charge is 0.508 e. The molecule has 2 aromatic carbocycles. The first kappa shape index (κ1) is 10.7. The molecule has 2 aromatic rings. The van der Waals surface area contributed by atoms with Gasteiger partial charge in [-0.3, -0.25) is 0 Å². The second-order valence-electron chi connectivity index (χ2n) is 3.15. The predicted molar refractivity (Wildman–Crippen MR) is 62.7 cm³/mol. The van der Waals surface area contributed by atoms with E-state index in [1.807, 2.05) is 0 Å². The van der Waals surface area contributed by atoms with Crippen LogP contribution in [0.5, 0.6) is 17.2 Å². The van der Waals surface area contributed by atoms with E-state index in [2.05, 4.69) is 0 Å². The molecule has 2 rings (SSSR count). The van der Waals surface area contributed by atoms with E-state index in [1.165, 1.54) is 12.0 Å². The van der Waals surface area contributed by atoms with Gasteiger partial charge in [0.1, 0.15) is 17.2 Å². The van der Waals surface area contributed by atoms with Crippen LogP contribution in [-0.4, -0.2) is 10.2 Å². The van der Waals surface area contributed by atoms with Crippen LogP contribution in [0.3, 0.4) is 0 Å². The number of benzene rings is 2. The number of phenolic OH excluding ortho intramolecular Hbond substituents is 2. The molecule has 2 N–H and O–H groups in total. The van der Waals surface area contributed by atoms with Crippen LogP contribution in [0.2, 0.25) is 0 Å². The smallest absolute Gasteiger partial charge is 0.138 e. The van der Waals surface area contributed by atoms with Crippen molar-refractivity contribution >= 4 is 12.0 Å². The van der Waals surface area contributed by atoms with Gasteiger partial charge in [-0.15, -0.1) is 0 Å². The Balaban J connectivity index is 1.97. The molecule has 4 heteroatoms. The summed E-state index contributed by atoms with van der Waals surface area (Å²) in [5.74, 6) is 1.10. The van der Waals surface area contributed by atoms with Crippen molar-refractivity contribution in [2.45, 2.75) is 4.90 Å². The van der Waals surface area contributed by atoms with Gasteiger partial charge in [0, 0.05) is 4.90 Å². The van der Waals surface area contributed by atoms with Gasteiger partial charge in [0.2, 0.25) is 0 Å². The van der Waals surface area contributed by atoms with E-state index in [0.717, 1.165) is 4.90 Å². The molecule has 0 saturated heterocycles. The Kier molecular flexibility index (Phi) is 3.22. The summed E-state index contributed by atoms with van der Waals surface area (Å²) in [6.07, 6.45) is 0. The average Bonchev–Trinajstić information content (AvgIpc) is 2.30. The van der Waals surface area contributed by atoms with Crippen molar-refractivity contribution < 1.29 is 14.4 Å². The molecule has 0 unspecified atom stereocenters. The Labute approximate surface area is 97.5 Å². The van der Waals surface area contributed by atoms with Crippen molar-refractivity contribution in [2.24, 2.45) is 0 Å². The Morgan fingerprint density at radius 2 is 1.25 bits per heavy atom. The van der Waals surface area contributed by atoms with E-state index >= 15 is 0 Å². The van der Waals surface area contributed by atoms with Gasteiger partial charge in [-0.05, 0) is 48.5 Å². The van der Waals surface area contributed by atoms with Crippen LogP contribution in [0.1, 0.15) is 0 Å². The van der Waals surface area contributed by atoms with E-state index in [-0.39, 0.29) is 11.5 Å². The van der Waals surface area contributed by atoms with Gasteiger partial charge in [0.25, 0.3) is 0 Å². The standard InChI is InChI=1S/C12H10O3S/c13-9-1-5-11(6-2-9)15-16-12-7-3-10(14)4-8-12/h1-8,13-14H. The lowest BCUT2D eigenvalue weighted by Gasteiger charge is -2.03. The van der Waals surface area contributed by atoms with E-state index < -0.39 is 0 Å². The van der Waals surface area contributed by atoms with Crippen LogP contribution < -0.4 is 4.18 Å². The normalized spacial score (nSPS) is 10.0. The molecule has 0 aliphatic heterocycles. The summed E-state index contributed by atoms with van der Waals surface area (Å²) in [6.45, 7) is 0. The molecule has 0 aliphatic carbocycles. The molecule has 0 aromatic heterocycles. The lowest BCUT2D eigenvalue weighted by molar-refractivity contribution is 0.473. The van der Waals surface area contributed by atoms with Crippen LogP contribution in [0, 0.1) is 0 Å². The van der Waals surface area contributed by atoms with Crippen LogP contribution in [0.15, 0.2) is 53.4 Å². The van der Waals surface area contributed by atoms with Crippen LogP contribution in [-0.2, 0) is 0 Å². The summed E-state index contributed by atoms with van der Waals surface area (Å²) in [4.78, 5) is 0.894. The molecule has 0 amide bonds. The Bertz CT molecular complexity index is 405. The number of hydrogen-bond donors (Lipinski definition) is 2. The summed E-state index contributed by atoms with van der Waals surface area (Å²) < 4.78 is 5.41. The number of aromatic hydroxyl groups is 2. The number of hydrogen-bond acceptors (Lipinski definition) is 4. The monoisotopic (exact) mass is 234 g/mol. The fourth-order valence-corrected chi connectivity index (χ4v) is 1.65. The summed E-state index contributed by atoms with van der Waals surface area (Å²) >= 11 is 1.20. The summed E-state index contributed by atoms with van der Waals surface area (Å²) in [5, 5.41) is 18.2. The van der Waals surface area contributed by atoms with Crippen molar-refractivity contribution in [3.05, 3.63) is 48.5 Å². The highest BCUT2D eigenvalue weighted by Crippen LogP contribution is 2.25. The first-order chi connectivity index (χ1) is 7.74. The molecular weight excluding hydrogens is 224 g/mol. The van der Waals surface area contributed by atoms with E-state index in [1.54, 1.807) is 48.5 Å². The SMILES string of the molecule is Oc1ccc(OSc2ccc(O)cc2)cc1. The fourth-order valence-electron chi connectivity index (χ4n) is 1.10. The fraction of sp³-hybridized carbons (Fsp3) is 0. The van der Waals surface area contributed by atoms with Gasteiger partial charge < -0.3 is 14.4 Å². The first-order valence-electron chi connectivity index (χ1n) is 4.66. The van der Waals surface area contributed by atoms with Gasteiger partial charge in [0.05, 0.1) is 12.0 Å². The quantitative estimate of drug-likeness (QED) is 0.801. The maximum absolute atomic E-state index is 9.09. The van der Waals surface area contributed by atoms with Crippen molar-refractivity contribution in [1.82, 2.24) is 0 Å². The lowest BCUT2D eigenvalue weighted by atomic mass is 10.3. The van der Waals surface area contributed by atoms with E-state index in [0.29, 0.717) is 5.75 Å². The molecule has 0 spiro atoms. The van der Waals surface area contributed by atoms with Crippen molar-refractivity contribution in [1.29, 1.82) is 0 Å². The van der Waals surface area contributed by atoms with E-state index in [9.17, 15) is 0 Å². The second kappa shape index (κ2) is 4.81. The Hall–Kier alpha value is -1.81. The minimum Gasteiger partial charge on any atom is -0.508 e. The Morgan fingerprint density at radius 3 is 1.81 bits per heavy atom. The zero-order valence-electron chi connectivity index (χ0n) is 8.33. The molecule has 0 fully saturated rings.